The molecular formula is C11H12BrN3S. The maximum atomic E-state index is 3.98. The van der Waals surface area contributed by atoms with Gasteiger partial charge in [0.2, 0.25) is 5.13 Å². The average molecular weight is 298 g/mol. The van der Waals surface area contributed by atoms with Gasteiger partial charge in [-0.2, -0.15) is 0 Å². The predicted octanol–water partition coefficient (Wildman–Crippen LogP) is 3.26. The maximum absolute atomic E-state index is 3.98. The van der Waals surface area contributed by atoms with E-state index >= 15 is 0 Å². The SMILES string of the molecule is Cc1cccc(CCNc2nnc(Br)s2)c1. The molecule has 1 heterocycles. The van der Waals surface area contributed by atoms with Crippen LogP contribution in [0.25, 0.3) is 0 Å². The molecule has 0 fully saturated rings. The van der Waals surface area contributed by atoms with E-state index in [9.17, 15) is 0 Å². The van der Waals surface area contributed by atoms with Crippen molar-refractivity contribution in [2.75, 3.05) is 11.9 Å². The molecular weight excluding hydrogens is 286 g/mol. The van der Waals surface area contributed by atoms with E-state index in [1.807, 2.05) is 0 Å². The predicted molar refractivity (Wildman–Crippen MR) is 71.0 cm³/mol. The summed E-state index contributed by atoms with van der Waals surface area (Å²) in [5, 5.41) is 12.0. The number of halogens is 1. The number of anilines is 1. The molecule has 2 aromatic rings. The monoisotopic (exact) mass is 297 g/mol. The van der Waals surface area contributed by atoms with Crippen LogP contribution in [-0.4, -0.2) is 16.7 Å². The third-order valence-corrected chi connectivity index (χ3v) is 3.49. The lowest BCUT2D eigenvalue weighted by Crippen LogP contribution is -2.04. The van der Waals surface area contributed by atoms with Crippen LogP contribution >= 0.6 is 27.3 Å². The lowest BCUT2D eigenvalue weighted by atomic mass is 10.1. The summed E-state index contributed by atoms with van der Waals surface area (Å²) in [6, 6.07) is 8.55. The van der Waals surface area contributed by atoms with Gasteiger partial charge < -0.3 is 5.32 Å². The molecule has 1 N–H and O–H groups in total. The summed E-state index contributed by atoms with van der Waals surface area (Å²) in [6.07, 6.45) is 0.999. The van der Waals surface area contributed by atoms with Crippen molar-refractivity contribution in [2.24, 2.45) is 0 Å². The van der Waals surface area contributed by atoms with Crippen LogP contribution < -0.4 is 5.32 Å². The Morgan fingerprint density at radius 1 is 1.38 bits per heavy atom. The lowest BCUT2D eigenvalue weighted by Gasteiger charge is -2.03. The molecule has 0 atom stereocenters. The van der Waals surface area contributed by atoms with E-state index in [4.69, 9.17) is 0 Å². The second kappa shape index (κ2) is 5.41. The van der Waals surface area contributed by atoms with E-state index in [2.05, 4.69) is 62.6 Å². The first-order valence-corrected chi connectivity index (χ1v) is 6.63. The minimum absolute atomic E-state index is 0.811. The van der Waals surface area contributed by atoms with Crippen LogP contribution in [0.5, 0.6) is 0 Å². The molecule has 5 heteroatoms. The molecule has 16 heavy (non-hydrogen) atoms. The van der Waals surface area contributed by atoms with Crippen LogP contribution in [0.15, 0.2) is 28.2 Å². The highest BCUT2D eigenvalue weighted by molar-refractivity contribution is 9.11. The normalized spacial score (nSPS) is 10.4. The van der Waals surface area contributed by atoms with Gasteiger partial charge in [0, 0.05) is 6.54 Å². The molecule has 0 bridgehead atoms. The molecule has 0 radical (unpaired) electrons. The molecule has 2 rings (SSSR count). The fraction of sp³-hybridized carbons (Fsp3) is 0.273. The first-order valence-electron chi connectivity index (χ1n) is 5.02. The summed E-state index contributed by atoms with van der Waals surface area (Å²) in [4.78, 5) is 0. The number of rotatable bonds is 4. The fourth-order valence-corrected chi connectivity index (χ4v) is 2.49. The summed E-state index contributed by atoms with van der Waals surface area (Å²) in [6.45, 7) is 2.99. The standard InChI is InChI=1S/C11H12BrN3S/c1-8-3-2-4-9(7-8)5-6-13-11-15-14-10(12)16-11/h2-4,7H,5-6H2,1H3,(H,13,15). The Labute approximate surface area is 107 Å². The smallest absolute Gasteiger partial charge is 0.206 e. The van der Waals surface area contributed by atoms with Gasteiger partial charge in [0.05, 0.1) is 0 Å². The van der Waals surface area contributed by atoms with E-state index in [1.165, 1.54) is 22.5 Å². The number of hydrogen-bond acceptors (Lipinski definition) is 4. The number of aromatic nitrogens is 2. The van der Waals surface area contributed by atoms with Crippen molar-refractivity contribution < 1.29 is 0 Å². The number of nitrogens with one attached hydrogen (secondary N) is 1. The molecule has 0 spiro atoms. The highest BCUT2D eigenvalue weighted by Crippen LogP contribution is 2.19. The van der Waals surface area contributed by atoms with E-state index in [0.717, 1.165) is 22.0 Å². The Hall–Kier alpha value is -0.940. The molecule has 0 aliphatic heterocycles. The van der Waals surface area contributed by atoms with Crippen molar-refractivity contribution >= 4 is 32.4 Å². The van der Waals surface area contributed by atoms with Crippen molar-refractivity contribution in [1.82, 2.24) is 10.2 Å². The van der Waals surface area contributed by atoms with Gasteiger partial charge in [0.15, 0.2) is 3.92 Å². The summed E-state index contributed by atoms with van der Waals surface area (Å²) in [7, 11) is 0. The summed E-state index contributed by atoms with van der Waals surface area (Å²) in [5.74, 6) is 0. The Bertz CT molecular complexity index is 470. The van der Waals surface area contributed by atoms with Gasteiger partial charge >= 0.3 is 0 Å². The Balaban J connectivity index is 1.84. The van der Waals surface area contributed by atoms with E-state index in [1.54, 1.807) is 0 Å². The summed E-state index contributed by atoms with van der Waals surface area (Å²) < 4.78 is 0.811. The second-order valence-corrected chi connectivity index (χ2v) is 5.78. The third-order valence-electron chi connectivity index (χ3n) is 2.17. The van der Waals surface area contributed by atoms with Crippen LogP contribution in [-0.2, 0) is 6.42 Å². The molecule has 84 valence electrons. The van der Waals surface area contributed by atoms with Crippen molar-refractivity contribution in [3.8, 4) is 0 Å². The molecule has 0 amide bonds. The first kappa shape index (κ1) is 11.5. The van der Waals surface area contributed by atoms with Gasteiger partial charge in [-0.15, -0.1) is 10.2 Å². The zero-order valence-corrected chi connectivity index (χ0v) is 11.3. The lowest BCUT2D eigenvalue weighted by molar-refractivity contribution is 0.989. The van der Waals surface area contributed by atoms with Crippen molar-refractivity contribution in [2.45, 2.75) is 13.3 Å². The third kappa shape index (κ3) is 3.28. The molecule has 0 saturated carbocycles. The molecule has 0 aliphatic carbocycles. The molecule has 0 saturated heterocycles. The molecule has 0 unspecified atom stereocenters. The summed E-state index contributed by atoms with van der Waals surface area (Å²) >= 11 is 4.79. The van der Waals surface area contributed by atoms with Crippen LogP contribution in [0, 0.1) is 6.92 Å². The quantitative estimate of drug-likeness (QED) is 0.941. The van der Waals surface area contributed by atoms with E-state index < -0.39 is 0 Å². The Kier molecular flexibility index (Phi) is 3.90. The zero-order chi connectivity index (χ0) is 11.4. The van der Waals surface area contributed by atoms with Crippen LogP contribution in [0.1, 0.15) is 11.1 Å². The summed E-state index contributed by atoms with van der Waals surface area (Å²) in [5.41, 5.74) is 2.65. The molecule has 1 aromatic carbocycles. The van der Waals surface area contributed by atoms with Gasteiger partial charge in [-0.3, -0.25) is 0 Å². The number of benzene rings is 1. The topological polar surface area (TPSA) is 37.8 Å². The van der Waals surface area contributed by atoms with Gasteiger partial charge in [0.25, 0.3) is 0 Å². The van der Waals surface area contributed by atoms with E-state index in [0.29, 0.717) is 0 Å². The van der Waals surface area contributed by atoms with Crippen LogP contribution in [0.3, 0.4) is 0 Å². The number of aryl methyl sites for hydroxylation is 1. The minimum atomic E-state index is 0.811. The Morgan fingerprint density at radius 2 is 2.25 bits per heavy atom. The first-order chi connectivity index (χ1) is 7.74. The highest BCUT2D eigenvalue weighted by atomic mass is 79.9. The highest BCUT2D eigenvalue weighted by Gasteiger charge is 2.00. The molecule has 0 aliphatic rings. The van der Waals surface area contributed by atoms with Gasteiger partial charge in [-0.05, 0) is 34.8 Å². The molecule has 3 nitrogen and oxygen atoms in total. The van der Waals surface area contributed by atoms with Crippen molar-refractivity contribution in [1.29, 1.82) is 0 Å². The molecule has 1 aromatic heterocycles. The fourth-order valence-electron chi connectivity index (χ4n) is 1.46. The van der Waals surface area contributed by atoms with Crippen LogP contribution in [0.2, 0.25) is 0 Å². The van der Waals surface area contributed by atoms with Gasteiger partial charge in [-0.1, -0.05) is 41.2 Å². The maximum Gasteiger partial charge on any atom is 0.206 e. The van der Waals surface area contributed by atoms with E-state index in [-0.39, 0.29) is 0 Å². The largest absolute Gasteiger partial charge is 0.360 e. The van der Waals surface area contributed by atoms with Gasteiger partial charge in [-0.25, -0.2) is 0 Å². The number of hydrogen-bond donors (Lipinski definition) is 1. The van der Waals surface area contributed by atoms with Crippen molar-refractivity contribution in [3.63, 3.8) is 0 Å². The zero-order valence-electron chi connectivity index (χ0n) is 8.90. The van der Waals surface area contributed by atoms with Gasteiger partial charge in [0.1, 0.15) is 0 Å². The van der Waals surface area contributed by atoms with Crippen molar-refractivity contribution in [3.05, 3.63) is 39.3 Å². The number of nitrogens with zero attached hydrogens (tertiary/aromatic N) is 2. The second-order valence-electron chi connectivity index (χ2n) is 3.53. The minimum Gasteiger partial charge on any atom is -0.360 e. The Morgan fingerprint density at radius 3 is 2.94 bits per heavy atom. The average Bonchev–Trinajstić information content (AvgIpc) is 2.64. The van der Waals surface area contributed by atoms with Crippen LogP contribution in [0.4, 0.5) is 5.13 Å².